The summed E-state index contributed by atoms with van der Waals surface area (Å²) in [6.45, 7) is 6.39. The molecule has 0 atom stereocenters. The van der Waals surface area contributed by atoms with Gasteiger partial charge in [-0.3, -0.25) is 14.6 Å². The van der Waals surface area contributed by atoms with Gasteiger partial charge in [0.1, 0.15) is 0 Å². The van der Waals surface area contributed by atoms with E-state index in [0.29, 0.717) is 42.5 Å². The maximum Gasteiger partial charge on any atom is 0.257 e. The fraction of sp³-hybridized carbons (Fsp3) is 0.350. The van der Waals surface area contributed by atoms with Crippen molar-refractivity contribution < 1.29 is 9.59 Å². The highest BCUT2D eigenvalue weighted by Gasteiger charge is 2.25. The number of carbonyl (C=O) groups excluding carboxylic acids is 2. The third-order valence-electron chi connectivity index (χ3n) is 4.60. The summed E-state index contributed by atoms with van der Waals surface area (Å²) in [5, 5.41) is 3.50. The Bertz CT molecular complexity index is 882. The minimum Gasteiger partial charge on any atom is -0.365 e. The molecule has 148 valence electrons. The molecule has 1 aliphatic heterocycles. The number of nitrogens with zero attached hydrogens (tertiary/aromatic N) is 3. The minimum absolute atomic E-state index is 0.0134. The average molecular weight is 466 g/mol. The standard InChI is InChI=1S/C20H22BrClN4O2/c1-13(2)20(28)26-8-6-25(7-9-26)18-16(22)4-3-5-17(18)24-19(27)14-10-15(21)12-23-11-14/h3-5,10-13H,6-9H2,1-2H3,(H,24,27). The molecule has 0 radical (unpaired) electrons. The minimum atomic E-state index is -0.258. The number of hydrogen-bond donors (Lipinski definition) is 1. The summed E-state index contributed by atoms with van der Waals surface area (Å²) in [6, 6.07) is 7.15. The van der Waals surface area contributed by atoms with E-state index in [2.05, 4.69) is 31.1 Å². The molecule has 0 unspecified atom stereocenters. The number of benzene rings is 1. The first kappa shape index (κ1) is 20.6. The number of hydrogen-bond acceptors (Lipinski definition) is 4. The van der Waals surface area contributed by atoms with Crippen LogP contribution in [-0.2, 0) is 4.79 Å². The van der Waals surface area contributed by atoms with E-state index in [9.17, 15) is 9.59 Å². The first-order chi connectivity index (χ1) is 13.4. The van der Waals surface area contributed by atoms with Gasteiger partial charge in [-0.05, 0) is 34.1 Å². The monoisotopic (exact) mass is 464 g/mol. The van der Waals surface area contributed by atoms with Crippen molar-refractivity contribution in [1.29, 1.82) is 0 Å². The van der Waals surface area contributed by atoms with E-state index in [-0.39, 0.29) is 17.7 Å². The second-order valence-electron chi connectivity index (χ2n) is 6.95. The maximum atomic E-state index is 12.6. The van der Waals surface area contributed by atoms with Crippen LogP contribution in [0.5, 0.6) is 0 Å². The summed E-state index contributed by atoms with van der Waals surface area (Å²) in [5.41, 5.74) is 1.87. The zero-order valence-corrected chi connectivity index (χ0v) is 18.1. The molecular formula is C20H22BrClN4O2. The van der Waals surface area contributed by atoms with Crippen molar-refractivity contribution in [1.82, 2.24) is 9.88 Å². The van der Waals surface area contributed by atoms with Gasteiger partial charge in [-0.15, -0.1) is 0 Å². The van der Waals surface area contributed by atoms with E-state index in [0.717, 1.165) is 10.2 Å². The fourth-order valence-electron chi connectivity index (χ4n) is 3.18. The molecule has 1 aromatic heterocycles. The predicted octanol–water partition coefficient (Wildman–Crippen LogP) is 4.05. The number of aromatic nitrogens is 1. The van der Waals surface area contributed by atoms with Crippen molar-refractivity contribution in [2.45, 2.75) is 13.8 Å². The van der Waals surface area contributed by atoms with E-state index in [4.69, 9.17) is 11.6 Å². The lowest BCUT2D eigenvalue weighted by atomic mass is 10.1. The molecule has 2 amide bonds. The zero-order valence-electron chi connectivity index (χ0n) is 15.8. The Balaban J connectivity index is 1.78. The highest BCUT2D eigenvalue weighted by Crippen LogP contribution is 2.35. The molecule has 1 aliphatic rings. The first-order valence-corrected chi connectivity index (χ1v) is 10.3. The van der Waals surface area contributed by atoms with Gasteiger partial charge in [0, 0.05) is 49.0 Å². The van der Waals surface area contributed by atoms with Crippen LogP contribution >= 0.6 is 27.5 Å². The van der Waals surface area contributed by atoms with Crippen LogP contribution < -0.4 is 10.2 Å². The third-order valence-corrected chi connectivity index (χ3v) is 5.34. The average Bonchev–Trinajstić information content (AvgIpc) is 2.67. The van der Waals surface area contributed by atoms with Crippen LogP contribution in [0.4, 0.5) is 11.4 Å². The summed E-state index contributed by atoms with van der Waals surface area (Å²) in [7, 11) is 0. The van der Waals surface area contributed by atoms with Gasteiger partial charge in [0.25, 0.3) is 5.91 Å². The number of anilines is 2. The molecule has 0 aliphatic carbocycles. The molecule has 6 nitrogen and oxygen atoms in total. The second-order valence-corrected chi connectivity index (χ2v) is 8.27. The molecule has 2 aromatic rings. The first-order valence-electron chi connectivity index (χ1n) is 9.11. The Morgan fingerprint density at radius 1 is 1.18 bits per heavy atom. The van der Waals surface area contributed by atoms with Gasteiger partial charge >= 0.3 is 0 Å². The van der Waals surface area contributed by atoms with Crippen LogP contribution in [0.15, 0.2) is 41.1 Å². The smallest absolute Gasteiger partial charge is 0.257 e. The molecule has 28 heavy (non-hydrogen) atoms. The van der Waals surface area contributed by atoms with E-state index >= 15 is 0 Å². The highest BCUT2D eigenvalue weighted by molar-refractivity contribution is 9.10. The van der Waals surface area contributed by atoms with E-state index < -0.39 is 0 Å². The Morgan fingerprint density at radius 3 is 2.54 bits per heavy atom. The molecule has 0 spiro atoms. The van der Waals surface area contributed by atoms with Gasteiger partial charge in [0.15, 0.2) is 0 Å². The number of para-hydroxylation sites is 1. The lowest BCUT2D eigenvalue weighted by Crippen LogP contribution is -2.50. The zero-order chi connectivity index (χ0) is 20.3. The molecule has 1 aromatic carbocycles. The Morgan fingerprint density at radius 2 is 1.89 bits per heavy atom. The van der Waals surface area contributed by atoms with Gasteiger partial charge in [-0.1, -0.05) is 31.5 Å². The van der Waals surface area contributed by atoms with E-state index in [1.807, 2.05) is 24.8 Å². The second kappa shape index (κ2) is 8.92. The van der Waals surface area contributed by atoms with Crippen LogP contribution in [0.3, 0.4) is 0 Å². The largest absolute Gasteiger partial charge is 0.365 e. The van der Waals surface area contributed by atoms with E-state index in [1.54, 1.807) is 24.4 Å². The van der Waals surface area contributed by atoms with Gasteiger partial charge in [-0.2, -0.15) is 0 Å². The lowest BCUT2D eigenvalue weighted by Gasteiger charge is -2.38. The molecule has 1 N–H and O–H groups in total. The molecule has 8 heteroatoms. The SMILES string of the molecule is CC(C)C(=O)N1CCN(c2c(Cl)cccc2NC(=O)c2cncc(Br)c2)CC1. The van der Waals surface area contributed by atoms with Crippen molar-refractivity contribution in [3.63, 3.8) is 0 Å². The van der Waals surface area contributed by atoms with Crippen LogP contribution in [0, 0.1) is 5.92 Å². The molecule has 0 saturated carbocycles. The normalized spacial score (nSPS) is 14.3. The Kier molecular flexibility index (Phi) is 6.57. The lowest BCUT2D eigenvalue weighted by molar-refractivity contribution is -0.134. The van der Waals surface area contributed by atoms with Gasteiger partial charge < -0.3 is 15.1 Å². The summed E-state index contributed by atoms with van der Waals surface area (Å²) in [6.07, 6.45) is 3.14. The molecule has 3 rings (SSSR count). The van der Waals surface area contributed by atoms with Crippen molar-refractivity contribution in [3.05, 3.63) is 51.7 Å². The van der Waals surface area contributed by atoms with Gasteiger partial charge in [0.05, 0.1) is 22.0 Å². The van der Waals surface area contributed by atoms with Crippen molar-refractivity contribution in [2.24, 2.45) is 5.92 Å². The van der Waals surface area contributed by atoms with Crippen LogP contribution in [-0.4, -0.2) is 47.9 Å². The number of pyridine rings is 1. The Hall–Kier alpha value is -2.12. The Labute approximate surface area is 178 Å². The van der Waals surface area contributed by atoms with Crippen molar-refractivity contribution in [2.75, 3.05) is 36.4 Å². The van der Waals surface area contributed by atoms with Crippen LogP contribution in [0.1, 0.15) is 24.2 Å². The number of nitrogens with one attached hydrogen (secondary N) is 1. The van der Waals surface area contributed by atoms with Crippen molar-refractivity contribution in [3.8, 4) is 0 Å². The topological polar surface area (TPSA) is 65.5 Å². The number of rotatable bonds is 4. The molecular weight excluding hydrogens is 444 g/mol. The summed E-state index contributed by atoms with van der Waals surface area (Å²) in [5.74, 6) is -0.110. The van der Waals surface area contributed by atoms with Crippen LogP contribution in [0.2, 0.25) is 5.02 Å². The molecule has 1 saturated heterocycles. The number of carbonyl (C=O) groups is 2. The molecule has 1 fully saturated rings. The van der Waals surface area contributed by atoms with Crippen LogP contribution in [0.25, 0.3) is 0 Å². The number of halogens is 2. The molecule has 2 heterocycles. The summed E-state index contributed by atoms with van der Waals surface area (Å²) >= 11 is 9.80. The maximum absolute atomic E-state index is 12.6. The third kappa shape index (κ3) is 4.64. The summed E-state index contributed by atoms with van der Waals surface area (Å²) in [4.78, 5) is 32.9. The van der Waals surface area contributed by atoms with Crippen molar-refractivity contribution >= 4 is 50.7 Å². The quantitative estimate of drug-likeness (QED) is 0.740. The molecule has 0 bridgehead atoms. The van der Waals surface area contributed by atoms with E-state index in [1.165, 1.54) is 6.20 Å². The van der Waals surface area contributed by atoms with Gasteiger partial charge in [-0.25, -0.2) is 0 Å². The van der Waals surface area contributed by atoms with Gasteiger partial charge in [0.2, 0.25) is 5.91 Å². The number of amides is 2. The summed E-state index contributed by atoms with van der Waals surface area (Å²) < 4.78 is 0.734. The number of piperazine rings is 1. The highest BCUT2D eigenvalue weighted by atomic mass is 79.9. The fourth-order valence-corrected chi connectivity index (χ4v) is 3.84. The predicted molar refractivity (Wildman–Crippen MR) is 115 cm³/mol.